The molecular weight excluding hydrogens is 286 g/mol. The second kappa shape index (κ2) is 5.05. The second-order valence-corrected chi connectivity index (χ2v) is 4.29. The molecule has 2 N–H and O–H groups in total. The van der Waals surface area contributed by atoms with E-state index in [1.54, 1.807) is 24.5 Å². The molecule has 17 heavy (non-hydrogen) atoms. The average Bonchev–Trinajstić information content (AvgIpc) is 2.78. The Morgan fingerprint density at radius 3 is 2.82 bits per heavy atom. The first kappa shape index (κ1) is 11.7. The highest BCUT2D eigenvalue weighted by Gasteiger charge is 2.08. The highest BCUT2D eigenvalue weighted by Crippen LogP contribution is 2.22. The van der Waals surface area contributed by atoms with Gasteiger partial charge in [-0.05, 0) is 46.3 Å². The molecule has 0 atom stereocenters. The summed E-state index contributed by atoms with van der Waals surface area (Å²) in [5, 5.41) is 12.0. The number of carboxylic acids is 1. The molecule has 0 amide bonds. The summed E-state index contributed by atoms with van der Waals surface area (Å²) < 4.78 is 5.73. The molecule has 5 heteroatoms. The summed E-state index contributed by atoms with van der Waals surface area (Å²) in [4.78, 5) is 10.8. The zero-order valence-corrected chi connectivity index (χ0v) is 10.4. The van der Waals surface area contributed by atoms with Crippen LogP contribution in [0.5, 0.6) is 0 Å². The number of hydrogen-bond acceptors (Lipinski definition) is 3. The van der Waals surface area contributed by atoms with Gasteiger partial charge in [0.05, 0.1) is 18.4 Å². The van der Waals surface area contributed by atoms with Crippen LogP contribution in [0.15, 0.2) is 45.5 Å². The number of furan rings is 1. The van der Waals surface area contributed by atoms with Crippen molar-refractivity contribution in [3.8, 4) is 0 Å². The van der Waals surface area contributed by atoms with Crippen LogP contribution < -0.4 is 5.32 Å². The largest absolute Gasteiger partial charge is 0.478 e. The van der Waals surface area contributed by atoms with E-state index in [9.17, 15) is 4.79 Å². The van der Waals surface area contributed by atoms with E-state index in [1.165, 1.54) is 0 Å². The van der Waals surface area contributed by atoms with Gasteiger partial charge < -0.3 is 14.8 Å². The van der Waals surface area contributed by atoms with E-state index in [0.29, 0.717) is 11.0 Å². The fraction of sp³-hybridized carbons (Fsp3) is 0.0833. The van der Waals surface area contributed by atoms with Crippen LogP contribution in [0.25, 0.3) is 0 Å². The van der Waals surface area contributed by atoms with Crippen molar-refractivity contribution in [2.45, 2.75) is 6.54 Å². The monoisotopic (exact) mass is 295 g/mol. The van der Waals surface area contributed by atoms with Crippen LogP contribution in [0.4, 0.5) is 5.69 Å². The lowest BCUT2D eigenvalue weighted by molar-refractivity contribution is 0.0696. The van der Waals surface area contributed by atoms with Gasteiger partial charge in [0.15, 0.2) is 0 Å². The number of nitrogens with one attached hydrogen (secondary N) is 1. The standard InChI is InChI=1S/C12H10BrNO3/c13-11-6-8(3-4-10(11)12(15)16)14-7-9-2-1-5-17-9/h1-6,14H,7H2,(H,15,16). The Morgan fingerprint density at radius 2 is 2.24 bits per heavy atom. The van der Waals surface area contributed by atoms with Crippen molar-refractivity contribution in [2.24, 2.45) is 0 Å². The van der Waals surface area contributed by atoms with Gasteiger partial charge >= 0.3 is 5.97 Å². The molecule has 1 aromatic carbocycles. The van der Waals surface area contributed by atoms with Gasteiger partial charge in [-0.2, -0.15) is 0 Å². The van der Waals surface area contributed by atoms with E-state index in [2.05, 4.69) is 21.2 Å². The molecule has 1 heterocycles. The van der Waals surface area contributed by atoms with Crippen LogP contribution in [0.2, 0.25) is 0 Å². The summed E-state index contributed by atoms with van der Waals surface area (Å²) in [5.41, 5.74) is 1.08. The number of aromatic carboxylic acids is 1. The van der Waals surface area contributed by atoms with Crippen molar-refractivity contribution in [2.75, 3.05) is 5.32 Å². The smallest absolute Gasteiger partial charge is 0.336 e. The van der Waals surface area contributed by atoms with Gasteiger partial charge in [-0.1, -0.05) is 0 Å². The minimum atomic E-state index is -0.950. The predicted molar refractivity (Wildman–Crippen MR) is 67.1 cm³/mol. The minimum Gasteiger partial charge on any atom is -0.478 e. The van der Waals surface area contributed by atoms with Gasteiger partial charge in [0, 0.05) is 10.2 Å². The molecule has 0 fully saturated rings. The molecule has 1 aromatic heterocycles. The van der Waals surface area contributed by atoms with Crippen molar-refractivity contribution in [3.63, 3.8) is 0 Å². The third-order valence-electron chi connectivity index (χ3n) is 2.25. The first-order valence-corrected chi connectivity index (χ1v) is 5.75. The molecule has 0 aliphatic heterocycles. The maximum atomic E-state index is 10.8. The summed E-state index contributed by atoms with van der Waals surface area (Å²) >= 11 is 3.22. The van der Waals surface area contributed by atoms with E-state index in [0.717, 1.165) is 11.4 Å². The molecule has 0 bridgehead atoms. The van der Waals surface area contributed by atoms with Crippen molar-refractivity contribution in [1.82, 2.24) is 0 Å². The van der Waals surface area contributed by atoms with E-state index in [1.807, 2.05) is 12.1 Å². The first-order chi connectivity index (χ1) is 8.16. The third kappa shape index (κ3) is 2.88. The summed E-state index contributed by atoms with van der Waals surface area (Å²) in [5.74, 6) is -0.127. The summed E-state index contributed by atoms with van der Waals surface area (Å²) in [7, 11) is 0. The molecule has 0 saturated heterocycles. The zero-order chi connectivity index (χ0) is 12.3. The average molecular weight is 296 g/mol. The maximum Gasteiger partial charge on any atom is 0.336 e. The van der Waals surface area contributed by atoms with E-state index in [4.69, 9.17) is 9.52 Å². The normalized spacial score (nSPS) is 10.2. The molecule has 88 valence electrons. The number of benzene rings is 1. The Bertz CT molecular complexity index is 523. The van der Waals surface area contributed by atoms with E-state index >= 15 is 0 Å². The van der Waals surface area contributed by atoms with Crippen LogP contribution in [0, 0.1) is 0 Å². The van der Waals surface area contributed by atoms with E-state index < -0.39 is 5.97 Å². The van der Waals surface area contributed by atoms with Gasteiger partial charge in [0.1, 0.15) is 5.76 Å². The van der Waals surface area contributed by atoms with Gasteiger partial charge in [-0.3, -0.25) is 0 Å². The zero-order valence-electron chi connectivity index (χ0n) is 8.81. The fourth-order valence-corrected chi connectivity index (χ4v) is 1.95. The van der Waals surface area contributed by atoms with Crippen LogP contribution in [-0.2, 0) is 6.54 Å². The number of halogens is 1. The maximum absolute atomic E-state index is 10.8. The highest BCUT2D eigenvalue weighted by atomic mass is 79.9. The van der Waals surface area contributed by atoms with E-state index in [-0.39, 0.29) is 5.56 Å². The lowest BCUT2D eigenvalue weighted by Crippen LogP contribution is -2.01. The van der Waals surface area contributed by atoms with Crippen LogP contribution in [-0.4, -0.2) is 11.1 Å². The van der Waals surface area contributed by atoms with Crippen LogP contribution in [0.1, 0.15) is 16.1 Å². The third-order valence-corrected chi connectivity index (χ3v) is 2.90. The lowest BCUT2D eigenvalue weighted by atomic mass is 10.2. The lowest BCUT2D eigenvalue weighted by Gasteiger charge is -2.06. The fourth-order valence-electron chi connectivity index (χ4n) is 1.40. The molecule has 0 radical (unpaired) electrons. The van der Waals surface area contributed by atoms with Gasteiger partial charge in [0.2, 0.25) is 0 Å². The number of anilines is 1. The first-order valence-electron chi connectivity index (χ1n) is 4.96. The van der Waals surface area contributed by atoms with Crippen molar-refractivity contribution in [1.29, 1.82) is 0 Å². The molecule has 0 unspecified atom stereocenters. The van der Waals surface area contributed by atoms with Gasteiger partial charge in [-0.15, -0.1) is 0 Å². The molecular formula is C12H10BrNO3. The van der Waals surface area contributed by atoms with Crippen molar-refractivity contribution in [3.05, 3.63) is 52.4 Å². The number of hydrogen-bond donors (Lipinski definition) is 2. The SMILES string of the molecule is O=C(O)c1ccc(NCc2ccco2)cc1Br. The number of rotatable bonds is 4. The molecule has 2 aromatic rings. The quantitative estimate of drug-likeness (QED) is 0.908. The molecule has 4 nitrogen and oxygen atoms in total. The van der Waals surface area contributed by atoms with Crippen LogP contribution >= 0.6 is 15.9 Å². The molecule has 0 saturated carbocycles. The molecule has 2 rings (SSSR count). The summed E-state index contributed by atoms with van der Waals surface area (Å²) in [6.45, 7) is 0.561. The Balaban J connectivity index is 2.07. The van der Waals surface area contributed by atoms with Crippen LogP contribution in [0.3, 0.4) is 0 Å². The van der Waals surface area contributed by atoms with Crippen molar-refractivity contribution < 1.29 is 14.3 Å². The van der Waals surface area contributed by atoms with Gasteiger partial charge in [-0.25, -0.2) is 4.79 Å². The Kier molecular flexibility index (Phi) is 3.49. The predicted octanol–water partition coefficient (Wildman–Crippen LogP) is 3.35. The number of carbonyl (C=O) groups is 1. The number of carboxylic acid groups (broad SMARTS) is 1. The molecule has 0 spiro atoms. The second-order valence-electron chi connectivity index (χ2n) is 3.43. The van der Waals surface area contributed by atoms with Gasteiger partial charge in [0.25, 0.3) is 0 Å². The summed E-state index contributed by atoms with van der Waals surface area (Å²) in [6.07, 6.45) is 1.61. The Labute approximate surface area is 106 Å². The highest BCUT2D eigenvalue weighted by molar-refractivity contribution is 9.10. The molecule has 0 aliphatic carbocycles. The van der Waals surface area contributed by atoms with Crippen molar-refractivity contribution >= 4 is 27.6 Å². The Hall–Kier alpha value is -1.75. The molecule has 0 aliphatic rings. The summed E-state index contributed by atoms with van der Waals surface area (Å²) in [6, 6.07) is 8.69. The topological polar surface area (TPSA) is 62.5 Å². The Morgan fingerprint density at radius 1 is 1.41 bits per heavy atom. The minimum absolute atomic E-state index is 0.244.